The molecule has 8 heteroatoms. The van der Waals surface area contributed by atoms with Crippen molar-refractivity contribution in [2.24, 2.45) is 10.2 Å². The lowest BCUT2D eigenvalue weighted by Crippen LogP contribution is -2.09. The van der Waals surface area contributed by atoms with Gasteiger partial charge in [0.15, 0.2) is 5.82 Å². The van der Waals surface area contributed by atoms with E-state index in [1.54, 1.807) is 38.1 Å². The number of ether oxygens (including phenoxy) is 2. The van der Waals surface area contributed by atoms with Crippen LogP contribution in [-0.2, 0) is 4.74 Å². The molecule has 0 spiro atoms. The van der Waals surface area contributed by atoms with Gasteiger partial charge in [-0.25, -0.2) is 9.78 Å². The van der Waals surface area contributed by atoms with E-state index < -0.39 is 6.16 Å². The molecular formula is C15H16N4O4. The summed E-state index contributed by atoms with van der Waals surface area (Å²) in [7, 11) is 0. The van der Waals surface area contributed by atoms with Gasteiger partial charge in [-0.05, 0) is 38.1 Å². The predicted molar refractivity (Wildman–Crippen MR) is 83.3 cm³/mol. The third-order valence-electron chi connectivity index (χ3n) is 2.77. The maximum Gasteiger partial charge on any atom is 0.513 e. The number of carbonyl (C=O) groups is 1. The first-order chi connectivity index (χ1) is 11.0. The van der Waals surface area contributed by atoms with Crippen molar-refractivity contribution in [1.82, 2.24) is 4.98 Å². The maximum atomic E-state index is 11.2. The first-order valence-electron chi connectivity index (χ1n) is 6.82. The number of benzene rings is 1. The molecule has 2 aromatic rings. The molecule has 23 heavy (non-hydrogen) atoms. The highest BCUT2D eigenvalue weighted by Crippen LogP contribution is 2.29. The Morgan fingerprint density at radius 3 is 2.65 bits per heavy atom. The standard InChI is InChI=1S/C15H16N4O4/c1-3-22-15(21)23-11-6-4-10(5-7-11)18-19-12-8-13(20)9(2)17-14(12)16/h4-8,20H,3H2,1-2H3,(H2,16,17). The zero-order valence-electron chi connectivity index (χ0n) is 12.7. The number of hydrogen-bond acceptors (Lipinski definition) is 8. The van der Waals surface area contributed by atoms with Crippen LogP contribution in [0.5, 0.6) is 11.5 Å². The number of nitrogens with zero attached hydrogens (tertiary/aromatic N) is 3. The van der Waals surface area contributed by atoms with Crippen LogP contribution < -0.4 is 10.5 Å². The van der Waals surface area contributed by atoms with E-state index >= 15 is 0 Å². The second kappa shape index (κ2) is 7.21. The van der Waals surface area contributed by atoms with Gasteiger partial charge < -0.3 is 20.3 Å². The molecule has 3 N–H and O–H groups in total. The number of anilines is 1. The average molecular weight is 316 g/mol. The van der Waals surface area contributed by atoms with Crippen LogP contribution in [0.3, 0.4) is 0 Å². The van der Waals surface area contributed by atoms with E-state index in [1.165, 1.54) is 6.07 Å². The average Bonchev–Trinajstić information content (AvgIpc) is 2.51. The van der Waals surface area contributed by atoms with Crippen molar-refractivity contribution in [3.05, 3.63) is 36.0 Å². The monoisotopic (exact) mass is 316 g/mol. The van der Waals surface area contributed by atoms with Crippen molar-refractivity contribution in [2.45, 2.75) is 13.8 Å². The third kappa shape index (κ3) is 4.40. The Kier molecular flexibility index (Phi) is 5.08. The molecule has 0 fully saturated rings. The van der Waals surface area contributed by atoms with Crippen LogP contribution in [0.4, 0.5) is 22.0 Å². The Balaban J connectivity index is 2.09. The summed E-state index contributed by atoms with van der Waals surface area (Å²) in [5.74, 6) is 0.495. The maximum absolute atomic E-state index is 11.2. The molecule has 120 valence electrons. The lowest BCUT2D eigenvalue weighted by atomic mass is 10.3. The molecule has 0 amide bonds. The number of aryl methyl sites for hydroxylation is 1. The van der Waals surface area contributed by atoms with E-state index in [-0.39, 0.29) is 23.9 Å². The van der Waals surface area contributed by atoms with Crippen molar-refractivity contribution in [3.8, 4) is 11.5 Å². The molecule has 0 aliphatic rings. The number of azo groups is 1. The van der Waals surface area contributed by atoms with E-state index in [1.807, 2.05) is 0 Å². The summed E-state index contributed by atoms with van der Waals surface area (Å²) in [4.78, 5) is 15.1. The van der Waals surface area contributed by atoms with Crippen LogP contribution in [0, 0.1) is 6.92 Å². The highest BCUT2D eigenvalue weighted by molar-refractivity contribution is 5.64. The molecule has 0 bridgehead atoms. The Hall–Kier alpha value is -3.16. The van der Waals surface area contributed by atoms with Gasteiger partial charge in [-0.1, -0.05) is 0 Å². The van der Waals surface area contributed by atoms with Crippen LogP contribution in [0.15, 0.2) is 40.6 Å². The Morgan fingerprint density at radius 1 is 1.30 bits per heavy atom. The van der Waals surface area contributed by atoms with Gasteiger partial charge in [0.25, 0.3) is 0 Å². The van der Waals surface area contributed by atoms with E-state index in [9.17, 15) is 9.90 Å². The highest BCUT2D eigenvalue weighted by Gasteiger charge is 2.06. The van der Waals surface area contributed by atoms with Gasteiger partial charge in [-0.3, -0.25) is 0 Å². The summed E-state index contributed by atoms with van der Waals surface area (Å²) in [5.41, 5.74) is 6.91. The molecule has 0 radical (unpaired) electrons. The molecule has 0 atom stereocenters. The molecule has 8 nitrogen and oxygen atoms in total. The summed E-state index contributed by atoms with van der Waals surface area (Å²) in [5, 5.41) is 17.5. The van der Waals surface area contributed by atoms with E-state index in [0.717, 1.165) is 0 Å². The van der Waals surface area contributed by atoms with Gasteiger partial charge in [0.1, 0.15) is 17.2 Å². The number of carbonyl (C=O) groups excluding carboxylic acids is 1. The number of nitrogen functional groups attached to an aromatic ring is 1. The molecule has 0 unspecified atom stereocenters. The molecule has 1 heterocycles. The van der Waals surface area contributed by atoms with Gasteiger partial charge in [0, 0.05) is 6.07 Å². The molecule has 1 aromatic carbocycles. The lowest BCUT2D eigenvalue weighted by Gasteiger charge is -2.04. The highest BCUT2D eigenvalue weighted by atomic mass is 16.7. The van der Waals surface area contributed by atoms with E-state index in [2.05, 4.69) is 19.9 Å². The van der Waals surface area contributed by atoms with Crippen LogP contribution in [-0.4, -0.2) is 22.9 Å². The van der Waals surface area contributed by atoms with Crippen molar-refractivity contribution >= 4 is 23.3 Å². The minimum Gasteiger partial charge on any atom is -0.506 e. The number of aromatic hydroxyl groups is 1. The van der Waals surface area contributed by atoms with E-state index in [4.69, 9.17) is 10.5 Å². The molecule has 2 rings (SSSR count). The zero-order chi connectivity index (χ0) is 16.8. The fourth-order valence-corrected chi connectivity index (χ4v) is 1.62. The summed E-state index contributed by atoms with van der Waals surface area (Å²) >= 11 is 0. The van der Waals surface area contributed by atoms with Crippen LogP contribution in [0.25, 0.3) is 0 Å². The Morgan fingerprint density at radius 2 is 2.00 bits per heavy atom. The number of nitrogens with two attached hydrogens (primary N) is 1. The number of rotatable bonds is 4. The number of hydrogen-bond donors (Lipinski definition) is 2. The van der Waals surface area contributed by atoms with Crippen molar-refractivity contribution < 1.29 is 19.4 Å². The van der Waals surface area contributed by atoms with Crippen molar-refractivity contribution in [3.63, 3.8) is 0 Å². The zero-order valence-corrected chi connectivity index (χ0v) is 12.7. The van der Waals surface area contributed by atoms with Gasteiger partial charge in [0.05, 0.1) is 18.0 Å². The molecular weight excluding hydrogens is 300 g/mol. The molecule has 1 aromatic heterocycles. The molecule has 0 aliphatic heterocycles. The normalized spacial score (nSPS) is 10.7. The summed E-state index contributed by atoms with van der Waals surface area (Å²) in [6.07, 6.45) is -0.768. The first-order valence-corrected chi connectivity index (χ1v) is 6.82. The fraction of sp³-hybridized carbons (Fsp3) is 0.200. The summed E-state index contributed by atoms with van der Waals surface area (Å²) in [6, 6.07) is 7.71. The van der Waals surface area contributed by atoms with Crippen LogP contribution in [0.1, 0.15) is 12.6 Å². The van der Waals surface area contributed by atoms with Crippen molar-refractivity contribution in [1.29, 1.82) is 0 Å². The summed E-state index contributed by atoms with van der Waals surface area (Å²) < 4.78 is 9.59. The smallest absolute Gasteiger partial charge is 0.506 e. The minimum atomic E-state index is -0.768. The Bertz CT molecular complexity index is 729. The predicted octanol–water partition coefficient (Wildman–Crippen LogP) is 3.63. The minimum absolute atomic E-state index is 0.00802. The molecule has 0 saturated heterocycles. The number of pyridine rings is 1. The first kappa shape index (κ1) is 16.2. The largest absolute Gasteiger partial charge is 0.513 e. The topological polar surface area (TPSA) is 119 Å². The Labute approximate surface area is 132 Å². The quantitative estimate of drug-likeness (QED) is 0.505. The van der Waals surface area contributed by atoms with Crippen LogP contribution >= 0.6 is 0 Å². The second-order valence-electron chi connectivity index (χ2n) is 4.48. The van der Waals surface area contributed by atoms with Gasteiger partial charge in [-0.15, -0.1) is 5.11 Å². The SMILES string of the molecule is CCOC(=O)Oc1ccc(N=Nc2cc(O)c(C)nc2N)cc1. The van der Waals surface area contributed by atoms with E-state index in [0.29, 0.717) is 17.1 Å². The lowest BCUT2D eigenvalue weighted by molar-refractivity contribution is 0.104. The fourth-order valence-electron chi connectivity index (χ4n) is 1.62. The second-order valence-corrected chi connectivity index (χ2v) is 4.48. The third-order valence-corrected chi connectivity index (χ3v) is 2.77. The van der Waals surface area contributed by atoms with Gasteiger partial charge in [-0.2, -0.15) is 5.11 Å². The molecule has 0 saturated carbocycles. The summed E-state index contributed by atoms with van der Waals surface area (Å²) in [6.45, 7) is 3.56. The van der Waals surface area contributed by atoms with Gasteiger partial charge >= 0.3 is 6.16 Å². The van der Waals surface area contributed by atoms with Crippen LogP contribution in [0.2, 0.25) is 0 Å². The van der Waals surface area contributed by atoms with Crippen molar-refractivity contribution in [2.75, 3.05) is 12.3 Å². The number of aromatic nitrogens is 1. The van der Waals surface area contributed by atoms with Gasteiger partial charge in [0.2, 0.25) is 0 Å². The molecule has 0 aliphatic carbocycles.